The molecule has 0 unspecified atom stereocenters. The lowest BCUT2D eigenvalue weighted by Gasteiger charge is -1.98. The van der Waals surface area contributed by atoms with Crippen LogP contribution >= 0.6 is 0 Å². The highest BCUT2D eigenvalue weighted by Gasteiger charge is 1.98. The Bertz CT molecular complexity index is 362. The highest BCUT2D eigenvalue weighted by Crippen LogP contribution is 2.05. The SMILES string of the molecule is CCCCCCC#CCC#CCCCCCCC(=O)OC. The number of hydrogen-bond donors (Lipinski definition) is 0. The molecule has 0 rings (SSSR count). The summed E-state index contributed by atoms with van der Waals surface area (Å²) in [7, 11) is 1.44. The van der Waals surface area contributed by atoms with Gasteiger partial charge in [0.2, 0.25) is 0 Å². The van der Waals surface area contributed by atoms with Gasteiger partial charge in [0.25, 0.3) is 0 Å². The van der Waals surface area contributed by atoms with Crippen molar-refractivity contribution >= 4 is 5.97 Å². The van der Waals surface area contributed by atoms with Crippen molar-refractivity contribution in [2.45, 2.75) is 84.0 Å². The molecule has 0 amide bonds. The van der Waals surface area contributed by atoms with Crippen molar-refractivity contribution in [3.8, 4) is 23.7 Å². The lowest BCUT2D eigenvalue weighted by atomic mass is 10.1. The predicted octanol–water partition coefficient (Wildman–Crippen LogP) is 4.87. The molecule has 0 fully saturated rings. The zero-order chi connectivity index (χ0) is 15.6. The van der Waals surface area contributed by atoms with Gasteiger partial charge < -0.3 is 4.74 Å². The normalized spacial score (nSPS) is 9.24. The minimum atomic E-state index is -0.108. The number of hydrogen-bond acceptors (Lipinski definition) is 2. The molecule has 0 bridgehead atoms. The van der Waals surface area contributed by atoms with Gasteiger partial charge in [-0.1, -0.05) is 50.9 Å². The van der Waals surface area contributed by atoms with Crippen molar-refractivity contribution in [1.29, 1.82) is 0 Å². The average molecular weight is 290 g/mol. The van der Waals surface area contributed by atoms with Crippen molar-refractivity contribution in [3.05, 3.63) is 0 Å². The number of methoxy groups -OCH3 is 1. The van der Waals surface area contributed by atoms with Crippen LogP contribution in [0.15, 0.2) is 0 Å². The maximum absolute atomic E-state index is 10.9. The van der Waals surface area contributed by atoms with E-state index in [-0.39, 0.29) is 5.97 Å². The van der Waals surface area contributed by atoms with Crippen LogP contribution in [0.1, 0.15) is 84.0 Å². The fourth-order valence-corrected chi connectivity index (χ4v) is 1.92. The van der Waals surface area contributed by atoms with E-state index < -0.39 is 0 Å². The summed E-state index contributed by atoms with van der Waals surface area (Å²) in [6.07, 6.45) is 12.6. The van der Waals surface area contributed by atoms with Crippen LogP contribution in [0.4, 0.5) is 0 Å². The summed E-state index contributed by atoms with van der Waals surface area (Å²) in [6, 6.07) is 0. The monoisotopic (exact) mass is 290 g/mol. The summed E-state index contributed by atoms with van der Waals surface area (Å²) < 4.78 is 4.60. The third-order valence-electron chi connectivity index (χ3n) is 3.24. The molecule has 0 saturated carbocycles. The predicted molar refractivity (Wildman–Crippen MR) is 88.6 cm³/mol. The molecule has 0 aromatic heterocycles. The second-order valence-electron chi connectivity index (χ2n) is 5.18. The van der Waals surface area contributed by atoms with Crippen LogP contribution in [-0.4, -0.2) is 13.1 Å². The van der Waals surface area contributed by atoms with Crippen LogP contribution in [0.25, 0.3) is 0 Å². The summed E-state index contributed by atoms with van der Waals surface area (Å²) in [5, 5.41) is 0. The summed E-state index contributed by atoms with van der Waals surface area (Å²) in [5.74, 6) is 12.5. The van der Waals surface area contributed by atoms with E-state index in [1.807, 2.05) is 0 Å². The van der Waals surface area contributed by atoms with Crippen LogP contribution in [-0.2, 0) is 9.53 Å². The Morgan fingerprint density at radius 3 is 1.95 bits per heavy atom. The van der Waals surface area contributed by atoms with E-state index in [4.69, 9.17) is 0 Å². The lowest BCUT2D eigenvalue weighted by molar-refractivity contribution is -0.140. The molecule has 2 nitrogen and oxygen atoms in total. The average Bonchev–Trinajstić information content (AvgIpc) is 2.50. The molecule has 0 radical (unpaired) electrons. The Balaban J connectivity index is 3.30. The molecule has 0 heterocycles. The van der Waals surface area contributed by atoms with Crippen LogP contribution in [0.3, 0.4) is 0 Å². The maximum atomic E-state index is 10.9. The quantitative estimate of drug-likeness (QED) is 0.326. The first-order chi connectivity index (χ1) is 10.3. The topological polar surface area (TPSA) is 26.3 Å². The zero-order valence-electron chi connectivity index (χ0n) is 13.8. The van der Waals surface area contributed by atoms with Crippen LogP contribution < -0.4 is 0 Å². The van der Waals surface area contributed by atoms with E-state index in [0.29, 0.717) is 12.8 Å². The van der Waals surface area contributed by atoms with Gasteiger partial charge in [0.1, 0.15) is 0 Å². The Hall–Kier alpha value is -1.41. The van der Waals surface area contributed by atoms with Crippen LogP contribution in [0.2, 0.25) is 0 Å². The maximum Gasteiger partial charge on any atom is 0.305 e. The highest BCUT2D eigenvalue weighted by atomic mass is 16.5. The standard InChI is InChI=1S/C19H30O2/c1-3-4-5-6-7-8-9-10-11-12-13-14-15-16-17-18-19(20)21-2/h3-7,10,13-18H2,1-2H3. The molecule has 0 aliphatic carbocycles. The number of carbonyl (C=O) groups excluding carboxylic acids is 1. The molecule has 0 saturated heterocycles. The number of rotatable bonds is 10. The van der Waals surface area contributed by atoms with Gasteiger partial charge in [-0.25, -0.2) is 0 Å². The first-order valence-electron chi connectivity index (χ1n) is 8.29. The Morgan fingerprint density at radius 1 is 0.810 bits per heavy atom. The summed E-state index contributed by atoms with van der Waals surface area (Å²) in [5.41, 5.74) is 0. The van der Waals surface area contributed by atoms with E-state index in [2.05, 4.69) is 35.3 Å². The minimum absolute atomic E-state index is 0.108. The highest BCUT2D eigenvalue weighted by molar-refractivity contribution is 5.68. The molecule has 0 aliphatic rings. The molecule has 118 valence electrons. The van der Waals surface area contributed by atoms with E-state index in [9.17, 15) is 4.79 Å². The minimum Gasteiger partial charge on any atom is -0.469 e. The molecule has 2 heteroatoms. The first kappa shape index (κ1) is 19.6. The van der Waals surface area contributed by atoms with Gasteiger partial charge in [-0.2, -0.15) is 0 Å². The Morgan fingerprint density at radius 2 is 1.38 bits per heavy atom. The van der Waals surface area contributed by atoms with Gasteiger partial charge in [0, 0.05) is 19.3 Å². The summed E-state index contributed by atoms with van der Waals surface area (Å²) >= 11 is 0. The fraction of sp³-hybridized carbons (Fsp3) is 0.737. The zero-order valence-corrected chi connectivity index (χ0v) is 13.8. The van der Waals surface area contributed by atoms with Crippen LogP contribution in [0, 0.1) is 23.7 Å². The Kier molecular flexibility index (Phi) is 15.5. The largest absolute Gasteiger partial charge is 0.469 e. The molecule has 0 atom stereocenters. The van der Waals surface area contributed by atoms with E-state index in [1.54, 1.807) is 0 Å². The summed E-state index contributed by atoms with van der Waals surface area (Å²) in [4.78, 5) is 10.9. The second kappa shape index (κ2) is 16.6. The van der Waals surface area contributed by atoms with Crippen LogP contribution in [0.5, 0.6) is 0 Å². The van der Waals surface area contributed by atoms with Crippen molar-refractivity contribution in [2.75, 3.05) is 7.11 Å². The summed E-state index contributed by atoms with van der Waals surface area (Å²) in [6.45, 7) is 2.22. The third-order valence-corrected chi connectivity index (χ3v) is 3.24. The lowest BCUT2D eigenvalue weighted by Crippen LogP contribution is -1.98. The van der Waals surface area contributed by atoms with Gasteiger partial charge in [0.05, 0.1) is 13.5 Å². The van der Waals surface area contributed by atoms with Gasteiger partial charge in [-0.15, -0.1) is 11.8 Å². The second-order valence-corrected chi connectivity index (χ2v) is 5.18. The molecule has 0 aliphatic heterocycles. The van der Waals surface area contributed by atoms with Crippen molar-refractivity contribution in [2.24, 2.45) is 0 Å². The van der Waals surface area contributed by atoms with Gasteiger partial charge in [0.15, 0.2) is 0 Å². The molecule has 21 heavy (non-hydrogen) atoms. The van der Waals surface area contributed by atoms with Crippen molar-refractivity contribution in [1.82, 2.24) is 0 Å². The number of esters is 1. The fourth-order valence-electron chi connectivity index (χ4n) is 1.92. The van der Waals surface area contributed by atoms with Gasteiger partial charge >= 0.3 is 5.97 Å². The van der Waals surface area contributed by atoms with Crippen molar-refractivity contribution < 1.29 is 9.53 Å². The van der Waals surface area contributed by atoms with E-state index >= 15 is 0 Å². The van der Waals surface area contributed by atoms with Gasteiger partial charge in [-0.3, -0.25) is 4.79 Å². The molecule has 0 spiro atoms. The number of carbonyl (C=O) groups is 1. The Labute approximate surface area is 131 Å². The molecule has 0 aromatic rings. The molecular formula is C19H30O2. The molecule has 0 aromatic carbocycles. The van der Waals surface area contributed by atoms with Crippen molar-refractivity contribution in [3.63, 3.8) is 0 Å². The van der Waals surface area contributed by atoms with Gasteiger partial charge in [-0.05, 0) is 19.3 Å². The molecular weight excluding hydrogens is 260 g/mol. The number of ether oxygens (including phenoxy) is 1. The third kappa shape index (κ3) is 16.5. The van der Waals surface area contributed by atoms with E-state index in [0.717, 1.165) is 38.5 Å². The smallest absolute Gasteiger partial charge is 0.305 e. The molecule has 0 N–H and O–H groups in total. The first-order valence-corrected chi connectivity index (χ1v) is 8.29. The van der Waals surface area contributed by atoms with E-state index in [1.165, 1.54) is 32.8 Å². The number of unbranched alkanes of at least 4 members (excludes halogenated alkanes) is 8.